The van der Waals surface area contributed by atoms with Gasteiger partial charge in [-0.3, -0.25) is 0 Å². The SMILES string of the molecule is CC1(C)c2ccccc2-c2cc3c(N(c4ccc(-c5ccccc5)cc4)c4ccc(-c5ccccc5)cc4)cc4ccccc4c3cc21. The van der Waals surface area contributed by atoms with Crippen LogP contribution in [0.3, 0.4) is 0 Å². The molecule has 1 aliphatic carbocycles. The Labute approximate surface area is 282 Å². The maximum Gasteiger partial charge on any atom is 0.0546 e. The van der Waals surface area contributed by atoms with Crippen LogP contribution in [0.15, 0.2) is 176 Å². The Balaban J connectivity index is 1.30. The van der Waals surface area contributed by atoms with E-state index in [0.717, 1.165) is 11.4 Å². The van der Waals surface area contributed by atoms with Gasteiger partial charge in [0.25, 0.3) is 0 Å². The summed E-state index contributed by atoms with van der Waals surface area (Å²) in [6, 6.07) is 64.4. The van der Waals surface area contributed by atoms with E-state index in [1.54, 1.807) is 0 Å². The molecule has 0 spiro atoms. The van der Waals surface area contributed by atoms with Gasteiger partial charge in [0.15, 0.2) is 0 Å². The molecule has 1 heteroatoms. The highest BCUT2D eigenvalue weighted by Crippen LogP contribution is 2.52. The monoisotopic (exact) mass is 613 g/mol. The lowest BCUT2D eigenvalue weighted by atomic mass is 9.81. The van der Waals surface area contributed by atoms with Crippen LogP contribution in [0.1, 0.15) is 25.0 Å². The number of hydrogen-bond acceptors (Lipinski definition) is 1. The predicted molar refractivity (Wildman–Crippen MR) is 205 cm³/mol. The van der Waals surface area contributed by atoms with Gasteiger partial charge in [-0.05, 0) is 103 Å². The molecule has 8 aromatic rings. The lowest BCUT2D eigenvalue weighted by Crippen LogP contribution is -2.15. The first-order valence-corrected chi connectivity index (χ1v) is 16.8. The highest BCUT2D eigenvalue weighted by molar-refractivity contribution is 6.16. The van der Waals surface area contributed by atoms with Crippen molar-refractivity contribution in [1.82, 2.24) is 0 Å². The summed E-state index contributed by atoms with van der Waals surface area (Å²) in [5.41, 5.74) is 13.7. The number of benzene rings is 8. The zero-order valence-electron chi connectivity index (χ0n) is 27.2. The molecule has 9 rings (SSSR count). The van der Waals surface area contributed by atoms with Gasteiger partial charge in [-0.1, -0.05) is 147 Å². The van der Waals surface area contributed by atoms with E-state index in [0.29, 0.717) is 0 Å². The Hall–Kier alpha value is -5.92. The van der Waals surface area contributed by atoms with Crippen molar-refractivity contribution in [3.05, 3.63) is 187 Å². The lowest BCUT2D eigenvalue weighted by Gasteiger charge is -2.29. The summed E-state index contributed by atoms with van der Waals surface area (Å²) in [5, 5.41) is 5.05. The molecule has 228 valence electrons. The van der Waals surface area contributed by atoms with Gasteiger partial charge in [0.2, 0.25) is 0 Å². The molecule has 0 unspecified atom stereocenters. The van der Waals surface area contributed by atoms with Crippen molar-refractivity contribution in [3.63, 3.8) is 0 Å². The largest absolute Gasteiger partial charge is 0.310 e. The molecule has 0 aliphatic heterocycles. The first kappa shape index (κ1) is 28.3. The van der Waals surface area contributed by atoms with Gasteiger partial charge in [0.05, 0.1) is 5.69 Å². The third-order valence-corrected chi connectivity index (χ3v) is 10.2. The standard InChI is InChI=1S/C47H35N/c1-47(2)44-20-12-11-19-40(44)42-30-43-41(31-45(42)47)39-18-10-9-17-36(39)29-46(43)48(37-25-21-34(22-26-37)32-13-5-3-6-14-32)38-27-23-35(24-28-38)33-15-7-4-8-16-33/h3-31H,1-2H3. The molecule has 0 aromatic heterocycles. The second kappa shape index (κ2) is 11.1. The summed E-state index contributed by atoms with van der Waals surface area (Å²) >= 11 is 0. The Morgan fingerprint density at radius 1 is 0.375 bits per heavy atom. The van der Waals surface area contributed by atoms with Crippen LogP contribution in [0.2, 0.25) is 0 Å². The molecular weight excluding hydrogens is 579 g/mol. The summed E-state index contributed by atoms with van der Waals surface area (Å²) < 4.78 is 0. The molecule has 0 atom stereocenters. The van der Waals surface area contributed by atoms with E-state index < -0.39 is 0 Å². The van der Waals surface area contributed by atoms with Crippen LogP contribution in [0.25, 0.3) is 54.9 Å². The molecule has 0 saturated carbocycles. The summed E-state index contributed by atoms with van der Waals surface area (Å²) in [6.07, 6.45) is 0. The molecule has 1 aliphatic rings. The van der Waals surface area contributed by atoms with Crippen molar-refractivity contribution in [2.24, 2.45) is 0 Å². The van der Waals surface area contributed by atoms with E-state index in [1.165, 1.54) is 71.7 Å². The Morgan fingerprint density at radius 3 is 1.52 bits per heavy atom. The van der Waals surface area contributed by atoms with Crippen LogP contribution in [-0.4, -0.2) is 0 Å². The first-order valence-electron chi connectivity index (χ1n) is 16.8. The molecule has 0 bridgehead atoms. The zero-order valence-corrected chi connectivity index (χ0v) is 27.2. The van der Waals surface area contributed by atoms with E-state index >= 15 is 0 Å². The smallest absolute Gasteiger partial charge is 0.0546 e. The molecule has 0 saturated heterocycles. The summed E-state index contributed by atoms with van der Waals surface area (Å²) in [4.78, 5) is 2.44. The van der Waals surface area contributed by atoms with Crippen molar-refractivity contribution < 1.29 is 0 Å². The topological polar surface area (TPSA) is 3.24 Å². The summed E-state index contributed by atoms with van der Waals surface area (Å²) in [5.74, 6) is 0. The first-order chi connectivity index (χ1) is 23.6. The summed E-state index contributed by atoms with van der Waals surface area (Å²) in [7, 11) is 0. The third kappa shape index (κ3) is 4.54. The van der Waals surface area contributed by atoms with Crippen LogP contribution in [0.4, 0.5) is 17.1 Å². The molecular formula is C47H35N. The molecule has 1 nitrogen and oxygen atoms in total. The van der Waals surface area contributed by atoms with Crippen LogP contribution in [-0.2, 0) is 5.41 Å². The van der Waals surface area contributed by atoms with E-state index in [4.69, 9.17) is 0 Å². The van der Waals surface area contributed by atoms with Gasteiger partial charge in [-0.25, -0.2) is 0 Å². The van der Waals surface area contributed by atoms with Crippen molar-refractivity contribution in [3.8, 4) is 33.4 Å². The van der Waals surface area contributed by atoms with E-state index in [1.807, 2.05) is 0 Å². The average Bonchev–Trinajstić information content (AvgIpc) is 3.37. The second-order valence-electron chi connectivity index (χ2n) is 13.4. The zero-order chi connectivity index (χ0) is 32.2. The minimum atomic E-state index is -0.0720. The fourth-order valence-corrected chi connectivity index (χ4v) is 7.75. The maximum absolute atomic E-state index is 2.48. The van der Waals surface area contributed by atoms with Crippen molar-refractivity contribution in [2.75, 3.05) is 4.90 Å². The molecule has 0 amide bonds. The fourth-order valence-electron chi connectivity index (χ4n) is 7.75. The maximum atomic E-state index is 2.48. The van der Waals surface area contributed by atoms with Crippen molar-refractivity contribution in [2.45, 2.75) is 19.3 Å². The van der Waals surface area contributed by atoms with E-state index in [2.05, 4.69) is 195 Å². The Kier molecular flexibility index (Phi) is 6.55. The van der Waals surface area contributed by atoms with Gasteiger partial charge < -0.3 is 4.90 Å². The second-order valence-corrected chi connectivity index (χ2v) is 13.4. The van der Waals surface area contributed by atoms with Gasteiger partial charge in [0, 0.05) is 22.2 Å². The quantitative estimate of drug-likeness (QED) is 0.175. The molecule has 0 N–H and O–H groups in total. The predicted octanol–water partition coefficient (Wildman–Crippen LogP) is 13.1. The highest BCUT2D eigenvalue weighted by atomic mass is 15.1. The Bertz CT molecular complexity index is 2360. The highest BCUT2D eigenvalue weighted by Gasteiger charge is 2.36. The lowest BCUT2D eigenvalue weighted by molar-refractivity contribution is 0.661. The molecule has 0 fully saturated rings. The number of fused-ring (bicyclic) bond motifs is 6. The minimum Gasteiger partial charge on any atom is -0.310 e. The molecule has 48 heavy (non-hydrogen) atoms. The van der Waals surface area contributed by atoms with Crippen molar-refractivity contribution in [1.29, 1.82) is 0 Å². The molecule has 0 heterocycles. The van der Waals surface area contributed by atoms with Crippen LogP contribution in [0, 0.1) is 0 Å². The fraction of sp³-hybridized carbons (Fsp3) is 0.0638. The normalized spacial score (nSPS) is 13.0. The average molecular weight is 614 g/mol. The van der Waals surface area contributed by atoms with Gasteiger partial charge >= 0.3 is 0 Å². The number of anilines is 3. The Morgan fingerprint density at radius 2 is 0.896 bits per heavy atom. The summed E-state index contributed by atoms with van der Waals surface area (Å²) in [6.45, 7) is 4.73. The van der Waals surface area contributed by atoms with Crippen LogP contribution in [0.5, 0.6) is 0 Å². The van der Waals surface area contributed by atoms with Gasteiger partial charge in [-0.15, -0.1) is 0 Å². The molecule has 8 aromatic carbocycles. The van der Waals surface area contributed by atoms with Crippen LogP contribution < -0.4 is 4.90 Å². The minimum absolute atomic E-state index is 0.0720. The van der Waals surface area contributed by atoms with Gasteiger partial charge in [0.1, 0.15) is 0 Å². The van der Waals surface area contributed by atoms with Crippen LogP contribution >= 0.6 is 0 Å². The number of nitrogens with zero attached hydrogens (tertiary/aromatic N) is 1. The van der Waals surface area contributed by atoms with Gasteiger partial charge in [-0.2, -0.15) is 0 Å². The van der Waals surface area contributed by atoms with Crippen molar-refractivity contribution >= 4 is 38.6 Å². The number of rotatable bonds is 5. The number of hydrogen-bond donors (Lipinski definition) is 0. The van der Waals surface area contributed by atoms with E-state index in [9.17, 15) is 0 Å². The molecule has 0 radical (unpaired) electrons. The van der Waals surface area contributed by atoms with E-state index in [-0.39, 0.29) is 5.41 Å². The third-order valence-electron chi connectivity index (χ3n) is 10.2.